The van der Waals surface area contributed by atoms with Crippen LogP contribution in [0.15, 0.2) is 42.5 Å². The summed E-state index contributed by atoms with van der Waals surface area (Å²) in [6.45, 7) is 2.75. The number of amides is 5. The van der Waals surface area contributed by atoms with Gasteiger partial charge in [-0.2, -0.15) is 0 Å². The van der Waals surface area contributed by atoms with Gasteiger partial charge in [0.05, 0.1) is 29.2 Å². The van der Waals surface area contributed by atoms with E-state index in [0.717, 1.165) is 18.4 Å². The Hall–Kier alpha value is -3.85. The zero-order valence-electron chi connectivity index (χ0n) is 20.0. The van der Waals surface area contributed by atoms with Crippen molar-refractivity contribution in [2.45, 2.75) is 50.5 Å². The van der Waals surface area contributed by atoms with Gasteiger partial charge in [0.25, 0.3) is 17.7 Å². The van der Waals surface area contributed by atoms with Crippen LogP contribution in [-0.2, 0) is 19.7 Å². The van der Waals surface area contributed by atoms with E-state index in [2.05, 4.69) is 10.6 Å². The Morgan fingerprint density at radius 1 is 1.08 bits per heavy atom. The zero-order valence-corrected chi connectivity index (χ0v) is 20.0. The highest BCUT2D eigenvalue weighted by molar-refractivity contribution is 6.22. The minimum absolute atomic E-state index is 0.148. The van der Waals surface area contributed by atoms with Crippen molar-refractivity contribution in [3.8, 4) is 0 Å². The first-order valence-electron chi connectivity index (χ1n) is 12.2. The number of nitrogens with zero attached hydrogens (tertiary/aromatic N) is 1. The summed E-state index contributed by atoms with van der Waals surface area (Å²) in [5, 5.41) is 5.23. The van der Waals surface area contributed by atoms with Gasteiger partial charge in [-0.25, -0.2) is 0 Å². The summed E-state index contributed by atoms with van der Waals surface area (Å²) >= 11 is 0. The van der Waals surface area contributed by atoms with Crippen molar-refractivity contribution in [1.82, 2.24) is 10.2 Å². The number of carbonyl (C=O) groups is 5. The van der Waals surface area contributed by atoms with E-state index in [-0.39, 0.29) is 53.5 Å². The summed E-state index contributed by atoms with van der Waals surface area (Å²) in [5.41, 5.74) is 1.27. The van der Waals surface area contributed by atoms with Crippen LogP contribution in [0.2, 0.25) is 0 Å². The maximum atomic E-state index is 12.9. The number of nitrogens with one attached hydrogen (secondary N) is 2. The molecule has 2 unspecified atom stereocenters. The number of imide groups is 2. The van der Waals surface area contributed by atoms with Gasteiger partial charge >= 0.3 is 0 Å². The molecule has 5 amide bonds. The summed E-state index contributed by atoms with van der Waals surface area (Å²) in [7, 11) is 0. The molecule has 0 aliphatic carbocycles. The van der Waals surface area contributed by atoms with Gasteiger partial charge in [0.15, 0.2) is 0 Å². The first-order chi connectivity index (χ1) is 17.3. The van der Waals surface area contributed by atoms with Crippen LogP contribution < -0.4 is 10.6 Å². The number of hydrogen-bond donors (Lipinski definition) is 2. The quantitative estimate of drug-likeness (QED) is 0.602. The van der Waals surface area contributed by atoms with Crippen LogP contribution in [0.1, 0.15) is 75.7 Å². The van der Waals surface area contributed by atoms with Gasteiger partial charge < -0.3 is 10.1 Å². The zero-order chi connectivity index (χ0) is 25.4. The molecule has 186 valence electrons. The van der Waals surface area contributed by atoms with E-state index in [1.54, 1.807) is 24.3 Å². The molecule has 5 rings (SSSR count). The minimum Gasteiger partial charge on any atom is -0.376 e. The third kappa shape index (κ3) is 4.09. The molecule has 0 bridgehead atoms. The summed E-state index contributed by atoms with van der Waals surface area (Å²) < 4.78 is 5.56. The highest BCUT2D eigenvalue weighted by Gasteiger charge is 2.42. The van der Waals surface area contributed by atoms with Crippen LogP contribution in [0.5, 0.6) is 0 Å². The van der Waals surface area contributed by atoms with Crippen LogP contribution in [0.25, 0.3) is 0 Å². The van der Waals surface area contributed by atoms with Gasteiger partial charge in [0.2, 0.25) is 11.8 Å². The first-order valence-corrected chi connectivity index (χ1v) is 12.2. The highest BCUT2D eigenvalue weighted by Crippen LogP contribution is 2.36. The number of carbonyl (C=O) groups excluding carboxylic acids is 5. The summed E-state index contributed by atoms with van der Waals surface area (Å²) in [6, 6.07) is 11.5. The number of piperidine rings is 1. The maximum Gasteiger partial charge on any atom is 0.261 e. The molecule has 0 radical (unpaired) electrons. The molecular formula is C27H27N3O6. The van der Waals surface area contributed by atoms with Crippen LogP contribution in [0.3, 0.4) is 0 Å². The number of anilines is 1. The molecule has 9 nitrogen and oxygen atoms in total. The van der Waals surface area contributed by atoms with Gasteiger partial charge in [-0.15, -0.1) is 0 Å². The third-order valence-electron chi connectivity index (χ3n) is 7.41. The Balaban J connectivity index is 1.30. The van der Waals surface area contributed by atoms with Gasteiger partial charge in [-0.05, 0) is 61.6 Å². The van der Waals surface area contributed by atoms with Crippen molar-refractivity contribution in [1.29, 1.82) is 0 Å². The van der Waals surface area contributed by atoms with Crippen molar-refractivity contribution in [3.05, 3.63) is 64.7 Å². The fraction of sp³-hybridized carbons (Fsp3) is 0.370. The first kappa shape index (κ1) is 23.9. The lowest BCUT2D eigenvalue weighted by atomic mass is 9.72. The van der Waals surface area contributed by atoms with Crippen molar-refractivity contribution >= 4 is 35.2 Å². The van der Waals surface area contributed by atoms with E-state index in [9.17, 15) is 24.0 Å². The molecule has 0 aromatic heterocycles. The van der Waals surface area contributed by atoms with Gasteiger partial charge in [-0.3, -0.25) is 34.2 Å². The molecule has 9 heteroatoms. The summed E-state index contributed by atoms with van der Waals surface area (Å²) in [6.07, 6.45) is 2.83. The minimum atomic E-state index is -0.779. The molecular weight excluding hydrogens is 462 g/mol. The molecule has 0 saturated carbocycles. The van der Waals surface area contributed by atoms with Crippen molar-refractivity contribution < 1.29 is 28.7 Å². The Morgan fingerprint density at radius 3 is 2.50 bits per heavy atom. The third-order valence-corrected chi connectivity index (χ3v) is 7.41. The van der Waals surface area contributed by atoms with Crippen LogP contribution in [0, 0.1) is 0 Å². The largest absolute Gasteiger partial charge is 0.376 e. The molecule has 2 saturated heterocycles. The number of fused-ring (bicyclic) bond motifs is 1. The Labute approximate surface area is 208 Å². The fourth-order valence-electron chi connectivity index (χ4n) is 5.23. The smallest absolute Gasteiger partial charge is 0.261 e. The van der Waals surface area contributed by atoms with Crippen LogP contribution in [0.4, 0.5) is 5.69 Å². The summed E-state index contributed by atoms with van der Waals surface area (Å²) in [5.74, 6) is -1.78. The maximum absolute atomic E-state index is 12.9. The van der Waals surface area contributed by atoms with E-state index in [0.29, 0.717) is 25.1 Å². The molecule has 3 aliphatic heterocycles. The second-order valence-corrected chi connectivity index (χ2v) is 9.46. The fourth-order valence-corrected chi connectivity index (χ4v) is 5.23. The normalized spacial score (nSPS) is 23.6. The predicted molar refractivity (Wildman–Crippen MR) is 130 cm³/mol. The van der Waals surface area contributed by atoms with Gasteiger partial charge in [-0.1, -0.05) is 19.1 Å². The Bertz CT molecular complexity index is 1260. The van der Waals surface area contributed by atoms with Crippen molar-refractivity contribution in [2.24, 2.45) is 0 Å². The van der Waals surface area contributed by atoms with Crippen LogP contribution >= 0.6 is 0 Å². The lowest BCUT2D eigenvalue weighted by Gasteiger charge is -2.35. The molecule has 2 N–H and O–H groups in total. The molecule has 2 aromatic rings. The van der Waals surface area contributed by atoms with Gasteiger partial charge in [0.1, 0.15) is 0 Å². The second kappa shape index (κ2) is 9.31. The van der Waals surface area contributed by atoms with E-state index < -0.39 is 17.2 Å². The lowest BCUT2D eigenvalue weighted by Crippen LogP contribution is -2.51. The van der Waals surface area contributed by atoms with Crippen molar-refractivity contribution in [3.63, 3.8) is 0 Å². The molecule has 2 fully saturated rings. The van der Waals surface area contributed by atoms with E-state index in [1.165, 1.54) is 23.1 Å². The Kier molecular flexibility index (Phi) is 6.17. The average Bonchev–Trinajstić information content (AvgIpc) is 3.48. The molecule has 3 aliphatic rings. The topological polar surface area (TPSA) is 122 Å². The highest BCUT2D eigenvalue weighted by atomic mass is 16.5. The standard InChI is InChI=1S/C27H27N3O6/c1-2-27(12-11-22(31)29-26(27)35)17-6-8-18(9-7-17)28-23(32)16-5-10-20-21(14-16)25(34)30(24(20)33)15-19-4-3-13-36-19/h5-10,14,19H,2-4,11-13,15H2,1H3,(H,28,32)(H,29,31,35). The Morgan fingerprint density at radius 2 is 1.83 bits per heavy atom. The predicted octanol–water partition coefficient (Wildman–Crippen LogP) is 2.80. The van der Waals surface area contributed by atoms with E-state index >= 15 is 0 Å². The van der Waals surface area contributed by atoms with Crippen molar-refractivity contribution in [2.75, 3.05) is 18.5 Å². The lowest BCUT2D eigenvalue weighted by molar-refractivity contribution is -0.138. The van der Waals surface area contributed by atoms with Crippen LogP contribution in [-0.4, -0.2) is 53.7 Å². The summed E-state index contributed by atoms with van der Waals surface area (Å²) in [4.78, 5) is 63.9. The number of hydrogen-bond acceptors (Lipinski definition) is 6. The molecule has 36 heavy (non-hydrogen) atoms. The number of rotatable bonds is 6. The molecule has 0 spiro atoms. The molecule has 2 atom stereocenters. The molecule has 2 aromatic carbocycles. The average molecular weight is 490 g/mol. The number of benzene rings is 2. The monoisotopic (exact) mass is 489 g/mol. The second-order valence-electron chi connectivity index (χ2n) is 9.46. The van der Waals surface area contributed by atoms with E-state index in [1.807, 2.05) is 6.92 Å². The van der Waals surface area contributed by atoms with E-state index in [4.69, 9.17) is 4.74 Å². The number of ether oxygens (including phenoxy) is 1. The SMILES string of the molecule is CCC1(c2ccc(NC(=O)c3ccc4c(c3)C(=O)N(CC3CCCO3)C4=O)cc2)CCC(=O)NC1=O. The van der Waals surface area contributed by atoms with Gasteiger partial charge in [0, 0.05) is 24.3 Å². The molecule has 3 heterocycles.